The van der Waals surface area contributed by atoms with Crippen LogP contribution in [0.5, 0.6) is 0 Å². The van der Waals surface area contributed by atoms with Gasteiger partial charge >= 0.3 is 0 Å². The van der Waals surface area contributed by atoms with Crippen molar-refractivity contribution in [3.8, 4) is 0 Å². The number of hydrogen-bond donors (Lipinski definition) is 1. The minimum atomic E-state index is -0.546. The molecule has 1 nitrogen and oxygen atoms in total. The molecule has 1 N–H and O–H groups in total. The number of rotatable bonds is 6. The van der Waals surface area contributed by atoms with Gasteiger partial charge in [0.25, 0.3) is 0 Å². The molecule has 0 saturated carbocycles. The summed E-state index contributed by atoms with van der Waals surface area (Å²) >= 11 is 1.42. The first-order valence-electron chi connectivity index (χ1n) is 7.02. The van der Waals surface area contributed by atoms with Gasteiger partial charge in [0.1, 0.15) is 11.6 Å². The maximum Gasteiger partial charge on any atom is 0.139 e. The summed E-state index contributed by atoms with van der Waals surface area (Å²) in [6.07, 6.45) is 0. The van der Waals surface area contributed by atoms with Crippen molar-refractivity contribution in [3.63, 3.8) is 0 Å². The van der Waals surface area contributed by atoms with E-state index in [1.165, 1.54) is 29.5 Å². The van der Waals surface area contributed by atoms with Crippen molar-refractivity contribution >= 4 is 11.8 Å². The van der Waals surface area contributed by atoms with Gasteiger partial charge in [-0.15, -0.1) is 11.8 Å². The lowest BCUT2D eigenvalue weighted by Gasteiger charge is -2.25. The van der Waals surface area contributed by atoms with Crippen molar-refractivity contribution in [1.82, 2.24) is 5.32 Å². The second-order valence-corrected chi connectivity index (χ2v) is 6.26. The number of benzene rings is 2. The fourth-order valence-electron chi connectivity index (χ4n) is 2.27. The van der Waals surface area contributed by atoms with Crippen molar-refractivity contribution in [1.29, 1.82) is 0 Å². The van der Waals surface area contributed by atoms with Crippen LogP contribution in [0, 0.1) is 11.6 Å². The first-order chi connectivity index (χ1) is 10.1. The van der Waals surface area contributed by atoms with E-state index >= 15 is 0 Å². The molecule has 0 saturated heterocycles. The molecule has 2 aromatic rings. The molecule has 21 heavy (non-hydrogen) atoms. The second kappa shape index (κ2) is 7.57. The average Bonchev–Trinajstić information content (AvgIpc) is 2.48. The van der Waals surface area contributed by atoms with E-state index in [0.29, 0.717) is 4.90 Å². The van der Waals surface area contributed by atoms with Crippen LogP contribution in [0.2, 0.25) is 0 Å². The van der Waals surface area contributed by atoms with Crippen LogP contribution in [0.1, 0.15) is 25.5 Å². The molecule has 0 heterocycles. The minimum absolute atomic E-state index is 0.116. The predicted molar refractivity (Wildman–Crippen MR) is 84.5 cm³/mol. The Hall–Kier alpha value is -1.39. The van der Waals surface area contributed by atoms with Gasteiger partial charge in [-0.1, -0.05) is 44.2 Å². The zero-order valence-corrected chi connectivity index (χ0v) is 13.0. The molecule has 0 bridgehead atoms. The zero-order chi connectivity index (χ0) is 15.2. The Balaban J connectivity index is 2.17. The smallest absolute Gasteiger partial charge is 0.139 e. The maximum atomic E-state index is 13.8. The summed E-state index contributed by atoms with van der Waals surface area (Å²) in [4.78, 5) is 0.475. The first kappa shape index (κ1) is 16.0. The highest BCUT2D eigenvalue weighted by Gasteiger charge is 2.20. The summed E-state index contributed by atoms with van der Waals surface area (Å²) in [5.41, 5.74) is 1.17. The third kappa shape index (κ3) is 4.29. The molecule has 0 aliphatic heterocycles. The number of thioether (sulfide) groups is 1. The van der Waals surface area contributed by atoms with Crippen LogP contribution in [0.25, 0.3) is 0 Å². The van der Waals surface area contributed by atoms with Gasteiger partial charge in [-0.05, 0) is 24.2 Å². The van der Waals surface area contributed by atoms with E-state index in [2.05, 4.69) is 17.4 Å². The topological polar surface area (TPSA) is 12.0 Å². The van der Waals surface area contributed by atoms with Crippen LogP contribution in [0.3, 0.4) is 0 Å². The monoisotopic (exact) mass is 307 g/mol. The average molecular weight is 307 g/mol. The summed E-state index contributed by atoms with van der Waals surface area (Å²) in [6, 6.07) is 13.9. The maximum absolute atomic E-state index is 13.8. The minimum Gasteiger partial charge on any atom is -0.309 e. The fourth-order valence-corrected chi connectivity index (χ4v) is 3.38. The van der Waals surface area contributed by atoms with Crippen LogP contribution in [-0.4, -0.2) is 11.8 Å². The highest BCUT2D eigenvalue weighted by Crippen LogP contribution is 2.33. The molecule has 4 heteroatoms. The van der Waals surface area contributed by atoms with E-state index in [0.717, 1.165) is 12.6 Å². The van der Waals surface area contributed by atoms with Gasteiger partial charge in [0, 0.05) is 22.3 Å². The Morgan fingerprint density at radius 1 is 1.10 bits per heavy atom. The summed E-state index contributed by atoms with van der Waals surface area (Å²) in [7, 11) is 0. The standard InChI is InChI=1S/C17H19F2NS/c1-3-20-17(13-7-5-4-6-8-13)12(2)21-16-10-9-14(18)11-15(16)19/h4-12,17,20H,3H2,1-2H3. The SMILES string of the molecule is CCNC(c1ccccc1)C(C)Sc1ccc(F)cc1F. The van der Waals surface area contributed by atoms with Crippen molar-refractivity contribution in [2.75, 3.05) is 6.54 Å². The van der Waals surface area contributed by atoms with E-state index in [4.69, 9.17) is 0 Å². The molecule has 0 fully saturated rings. The van der Waals surface area contributed by atoms with E-state index in [1.54, 1.807) is 0 Å². The van der Waals surface area contributed by atoms with Crippen molar-refractivity contribution in [2.45, 2.75) is 30.0 Å². The molecule has 2 aromatic carbocycles. The Morgan fingerprint density at radius 2 is 1.81 bits per heavy atom. The lowest BCUT2D eigenvalue weighted by Crippen LogP contribution is -2.28. The van der Waals surface area contributed by atoms with Gasteiger partial charge in [0.2, 0.25) is 0 Å². The third-order valence-corrected chi connectivity index (χ3v) is 4.49. The largest absolute Gasteiger partial charge is 0.309 e. The highest BCUT2D eigenvalue weighted by atomic mass is 32.2. The third-order valence-electron chi connectivity index (χ3n) is 3.26. The first-order valence-corrected chi connectivity index (χ1v) is 7.89. The van der Waals surface area contributed by atoms with Crippen molar-refractivity contribution in [3.05, 3.63) is 65.7 Å². The van der Waals surface area contributed by atoms with Gasteiger partial charge in [0.05, 0.1) is 0 Å². The van der Waals surface area contributed by atoms with Gasteiger partial charge in [-0.25, -0.2) is 8.78 Å². The molecule has 2 rings (SSSR count). The second-order valence-electron chi connectivity index (χ2n) is 4.84. The summed E-state index contributed by atoms with van der Waals surface area (Å²) in [5.74, 6) is -1.05. The Labute approximate surface area is 128 Å². The van der Waals surface area contributed by atoms with Gasteiger partial charge in [-0.3, -0.25) is 0 Å². The molecular formula is C17H19F2NS. The highest BCUT2D eigenvalue weighted by molar-refractivity contribution is 8.00. The zero-order valence-electron chi connectivity index (χ0n) is 12.1. The molecule has 0 radical (unpaired) electrons. The lowest BCUT2D eigenvalue weighted by molar-refractivity contribution is 0.544. The molecular weight excluding hydrogens is 288 g/mol. The van der Waals surface area contributed by atoms with Crippen molar-refractivity contribution in [2.24, 2.45) is 0 Å². The van der Waals surface area contributed by atoms with E-state index in [9.17, 15) is 8.78 Å². The molecule has 0 amide bonds. The Bertz CT molecular complexity index is 574. The number of halogens is 2. The van der Waals surface area contributed by atoms with Gasteiger partial charge in [0.15, 0.2) is 0 Å². The number of nitrogens with one attached hydrogen (secondary N) is 1. The summed E-state index contributed by atoms with van der Waals surface area (Å²) < 4.78 is 26.7. The van der Waals surface area contributed by atoms with Crippen molar-refractivity contribution < 1.29 is 8.78 Å². The quantitative estimate of drug-likeness (QED) is 0.770. The van der Waals surface area contributed by atoms with Crippen LogP contribution in [0.15, 0.2) is 53.4 Å². The van der Waals surface area contributed by atoms with Gasteiger partial charge < -0.3 is 5.32 Å². The Morgan fingerprint density at radius 3 is 2.43 bits per heavy atom. The van der Waals surface area contributed by atoms with E-state index in [1.807, 2.05) is 32.0 Å². The van der Waals surface area contributed by atoms with Crippen LogP contribution >= 0.6 is 11.8 Å². The molecule has 2 unspecified atom stereocenters. The summed E-state index contributed by atoms with van der Waals surface area (Å²) in [6.45, 7) is 4.93. The van der Waals surface area contributed by atoms with Gasteiger partial charge in [-0.2, -0.15) is 0 Å². The molecule has 0 spiro atoms. The molecule has 0 aliphatic rings. The molecule has 2 atom stereocenters. The summed E-state index contributed by atoms with van der Waals surface area (Å²) in [5, 5.41) is 3.55. The Kier molecular flexibility index (Phi) is 5.76. The molecule has 0 aromatic heterocycles. The molecule has 112 valence electrons. The van der Waals surface area contributed by atoms with Crippen LogP contribution in [-0.2, 0) is 0 Å². The number of hydrogen-bond acceptors (Lipinski definition) is 2. The van der Waals surface area contributed by atoms with E-state index in [-0.39, 0.29) is 11.3 Å². The van der Waals surface area contributed by atoms with Crippen LogP contribution in [0.4, 0.5) is 8.78 Å². The van der Waals surface area contributed by atoms with Crippen LogP contribution < -0.4 is 5.32 Å². The fraction of sp³-hybridized carbons (Fsp3) is 0.294. The lowest BCUT2D eigenvalue weighted by atomic mass is 10.0. The normalized spacial score (nSPS) is 13.9. The predicted octanol–water partition coefficient (Wildman–Crippen LogP) is 4.80. The molecule has 0 aliphatic carbocycles. The van der Waals surface area contributed by atoms with E-state index < -0.39 is 11.6 Å².